The maximum absolute atomic E-state index is 8.95. The van der Waals surface area contributed by atoms with Crippen LogP contribution in [0, 0.1) is 11.3 Å². The van der Waals surface area contributed by atoms with Crippen LogP contribution in [0.2, 0.25) is 0 Å². The topological polar surface area (TPSA) is 56.0 Å². The Morgan fingerprint density at radius 1 is 1.42 bits per heavy atom. The first-order valence-electron chi connectivity index (χ1n) is 6.30. The van der Waals surface area contributed by atoms with Crippen LogP contribution in [0.1, 0.15) is 17.5 Å². The smallest absolute Gasteiger partial charge is 0.0991 e. The number of hydrogen-bond acceptors (Lipinski definition) is 4. The molecule has 0 aliphatic heterocycles. The van der Waals surface area contributed by atoms with Crippen LogP contribution in [0.4, 0.5) is 0 Å². The second-order valence-corrected chi connectivity index (χ2v) is 5.12. The van der Waals surface area contributed by atoms with E-state index in [0.717, 1.165) is 24.3 Å². The molecule has 0 fully saturated rings. The van der Waals surface area contributed by atoms with Gasteiger partial charge in [0.15, 0.2) is 0 Å². The zero-order valence-corrected chi connectivity index (χ0v) is 12.0. The molecule has 0 bridgehead atoms. The van der Waals surface area contributed by atoms with Crippen LogP contribution in [0.15, 0.2) is 30.3 Å². The quantitative estimate of drug-likeness (QED) is 0.765. The highest BCUT2D eigenvalue weighted by molar-refractivity contribution is 7.98. The van der Waals surface area contributed by atoms with Crippen molar-refractivity contribution in [3.63, 3.8) is 0 Å². The van der Waals surface area contributed by atoms with Crippen molar-refractivity contribution in [3.8, 4) is 6.07 Å². The van der Waals surface area contributed by atoms with Crippen LogP contribution in [-0.2, 0) is 0 Å². The summed E-state index contributed by atoms with van der Waals surface area (Å²) in [5.74, 6) is 1.01. The van der Waals surface area contributed by atoms with Crippen molar-refractivity contribution >= 4 is 17.8 Å². The first kappa shape index (κ1) is 15.8. The lowest BCUT2D eigenvalue weighted by atomic mass is 10.1. The predicted molar refractivity (Wildman–Crippen MR) is 82.1 cm³/mol. The molecule has 0 aromatic heterocycles. The molecule has 0 saturated heterocycles. The van der Waals surface area contributed by atoms with Gasteiger partial charge in [0.1, 0.15) is 0 Å². The molecule has 0 heterocycles. The minimum atomic E-state index is 0.220. The predicted octanol–water partition coefficient (Wildman–Crippen LogP) is 2.28. The van der Waals surface area contributed by atoms with Gasteiger partial charge >= 0.3 is 0 Å². The molecule has 1 atom stereocenters. The number of benzene rings is 1. The van der Waals surface area contributed by atoms with Crippen molar-refractivity contribution in [3.05, 3.63) is 41.5 Å². The van der Waals surface area contributed by atoms with Gasteiger partial charge in [0, 0.05) is 24.9 Å². The van der Waals surface area contributed by atoms with E-state index >= 15 is 0 Å². The van der Waals surface area contributed by atoms with Crippen LogP contribution in [0.25, 0.3) is 6.08 Å². The van der Waals surface area contributed by atoms with Gasteiger partial charge in [-0.1, -0.05) is 24.3 Å². The van der Waals surface area contributed by atoms with Gasteiger partial charge in [-0.25, -0.2) is 0 Å². The van der Waals surface area contributed by atoms with Gasteiger partial charge in [-0.3, -0.25) is 0 Å². The van der Waals surface area contributed by atoms with Gasteiger partial charge in [0.25, 0.3) is 0 Å². The Bertz CT molecular complexity index is 417. The Labute approximate surface area is 119 Å². The molecule has 1 aromatic carbocycles. The number of nitrogens with zero attached hydrogens (tertiary/aromatic N) is 1. The molecule has 1 rings (SSSR count). The Kier molecular flexibility index (Phi) is 7.99. The third kappa shape index (κ3) is 6.44. The summed E-state index contributed by atoms with van der Waals surface area (Å²) in [7, 11) is 0. The molecule has 102 valence electrons. The van der Waals surface area contributed by atoms with Gasteiger partial charge < -0.3 is 10.4 Å². The second kappa shape index (κ2) is 9.62. The van der Waals surface area contributed by atoms with Crippen LogP contribution in [-0.4, -0.2) is 36.3 Å². The molecule has 0 radical (unpaired) electrons. The van der Waals surface area contributed by atoms with Crippen LogP contribution >= 0.6 is 11.8 Å². The molecule has 0 amide bonds. The first-order valence-corrected chi connectivity index (χ1v) is 7.69. The summed E-state index contributed by atoms with van der Waals surface area (Å²) in [6.45, 7) is 1.00. The average Bonchev–Trinajstić information content (AvgIpc) is 2.44. The summed E-state index contributed by atoms with van der Waals surface area (Å²) >= 11 is 1.78. The van der Waals surface area contributed by atoms with Gasteiger partial charge in [-0.2, -0.15) is 17.0 Å². The van der Waals surface area contributed by atoms with Crippen molar-refractivity contribution in [1.82, 2.24) is 5.32 Å². The molecule has 1 aromatic rings. The van der Waals surface area contributed by atoms with Gasteiger partial charge in [0.05, 0.1) is 11.6 Å². The van der Waals surface area contributed by atoms with Gasteiger partial charge in [-0.15, -0.1) is 0 Å². The Morgan fingerprint density at radius 2 is 2.16 bits per heavy atom. The highest BCUT2D eigenvalue weighted by Gasteiger charge is 2.04. The summed E-state index contributed by atoms with van der Waals surface area (Å²) in [4.78, 5) is 0. The summed E-state index contributed by atoms with van der Waals surface area (Å²) in [6, 6.07) is 9.95. The van der Waals surface area contributed by atoms with Crippen molar-refractivity contribution < 1.29 is 5.11 Å². The fourth-order valence-corrected chi connectivity index (χ4v) is 2.39. The molecule has 0 aliphatic rings. The molecular formula is C15H20N2OS. The third-order valence-corrected chi connectivity index (χ3v) is 3.46. The fraction of sp³-hybridized carbons (Fsp3) is 0.400. The van der Waals surface area contributed by atoms with Crippen LogP contribution < -0.4 is 5.32 Å². The SMILES string of the molecule is CSCC(CCO)NC/C=C/c1ccc(C#N)cc1. The minimum absolute atomic E-state index is 0.220. The highest BCUT2D eigenvalue weighted by Crippen LogP contribution is 2.05. The summed E-state index contributed by atoms with van der Waals surface area (Å²) in [6.07, 6.45) is 6.94. The average molecular weight is 276 g/mol. The third-order valence-electron chi connectivity index (χ3n) is 2.72. The fourth-order valence-electron chi connectivity index (χ4n) is 1.70. The number of rotatable bonds is 8. The molecule has 3 nitrogen and oxygen atoms in total. The van der Waals surface area contributed by atoms with Gasteiger partial charge in [0.2, 0.25) is 0 Å². The lowest BCUT2D eigenvalue weighted by molar-refractivity contribution is 0.271. The van der Waals surface area contributed by atoms with Crippen molar-refractivity contribution in [2.75, 3.05) is 25.2 Å². The molecule has 2 N–H and O–H groups in total. The number of aliphatic hydroxyl groups is 1. The maximum atomic E-state index is 8.95. The maximum Gasteiger partial charge on any atom is 0.0991 e. The monoisotopic (exact) mass is 276 g/mol. The zero-order chi connectivity index (χ0) is 13.9. The van der Waals surface area contributed by atoms with E-state index < -0.39 is 0 Å². The van der Waals surface area contributed by atoms with E-state index in [9.17, 15) is 0 Å². The summed E-state index contributed by atoms with van der Waals surface area (Å²) in [5.41, 5.74) is 1.77. The Hall–Kier alpha value is -1.28. The van der Waals surface area contributed by atoms with Crippen molar-refractivity contribution in [1.29, 1.82) is 5.26 Å². The molecule has 0 aliphatic carbocycles. The van der Waals surface area contributed by atoms with E-state index in [-0.39, 0.29) is 6.61 Å². The Balaban J connectivity index is 2.38. The molecule has 19 heavy (non-hydrogen) atoms. The standard InChI is InChI=1S/C15H20N2OS/c1-19-12-15(8-10-18)17-9-2-3-13-4-6-14(11-16)7-5-13/h2-7,15,17-18H,8-10,12H2,1H3/b3-2+. The number of nitrogens with one attached hydrogen (secondary N) is 1. The molecular weight excluding hydrogens is 256 g/mol. The first-order chi connectivity index (χ1) is 9.30. The lowest BCUT2D eigenvalue weighted by Crippen LogP contribution is -2.32. The van der Waals surface area contributed by atoms with Crippen LogP contribution in [0.3, 0.4) is 0 Å². The minimum Gasteiger partial charge on any atom is -0.396 e. The zero-order valence-electron chi connectivity index (χ0n) is 11.2. The molecule has 4 heteroatoms. The molecule has 0 saturated carbocycles. The van der Waals surface area contributed by atoms with Crippen LogP contribution in [0.5, 0.6) is 0 Å². The van der Waals surface area contributed by atoms with Crippen molar-refractivity contribution in [2.24, 2.45) is 0 Å². The number of hydrogen-bond donors (Lipinski definition) is 2. The number of thioether (sulfide) groups is 1. The second-order valence-electron chi connectivity index (χ2n) is 4.21. The van der Waals surface area contributed by atoms with E-state index in [2.05, 4.69) is 23.7 Å². The number of aliphatic hydroxyl groups excluding tert-OH is 1. The summed E-state index contributed by atoms with van der Waals surface area (Å²) in [5, 5.41) is 21.1. The normalized spacial score (nSPS) is 12.5. The Morgan fingerprint density at radius 3 is 2.74 bits per heavy atom. The summed E-state index contributed by atoms with van der Waals surface area (Å²) < 4.78 is 0. The van der Waals surface area contributed by atoms with E-state index in [4.69, 9.17) is 10.4 Å². The molecule has 0 spiro atoms. The lowest BCUT2D eigenvalue weighted by Gasteiger charge is -2.14. The number of nitriles is 1. The van der Waals surface area contributed by atoms with E-state index in [1.54, 1.807) is 11.8 Å². The molecule has 1 unspecified atom stereocenters. The van der Waals surface area contributed by atoms with E-state index in [0.29, 0.717) is 11.6 Å². The largest absolute Gasteiger partial charge is 0.396 e. The van der Waals surface area contributed by atoms with E-state index in [1.807, 2.05) is 30.3 Å². The van der Waals surface area contributed by atoms with E-state index in [1.165, 1.54) is 0 Å². The van der Waals surface area contributed by atoms with Crippen molar-refractivity contribution in [2.45, 2.75) is 12.5 Å². The highest BCUT2D eigenvalue weighted by atomic mass is 32.2. The van der Waals surface area contributed by atoms with Gasteiger partial charge in [-0.05, 0) is 30.4 Å².